The van der Waals surface area contributed by atoms with Crippen molar-refractivity contribution in [3.05, 3.63) is 29.6 Å². The summed E-state index contributed by atoms with van der Waals surface area (Å²) in [6.07, 6.45) is 1.10. The molecule has 19 heavy (non-hydrogen) atoms. The Kier molecular flexibility index (Phi) is 4.37. The molecule has 0 aromatic heterocycles. The third-order valence-corrected chi connectivity index (χ3v) is 3.63. The first-order chi connectivity index (χ1) is 9.10. The van der Waals surface area contributed by atoms with Crippen molar-refractivity contribution in [1.82, 2.24) is 10.2 Å². The van der Waals surface area contributed by atoms with Crippen molar-refractivity contribution in [2.45, 2.75) is 13.3 Å². The predicted molar refractivity (Wildman–Crippen MR) is 73.4 cm³/mol. The van der Waals surface area contributed by atoms with E-state index in [0.29, 0.717) is 18.0 Å². The summed E-state index contributed by atoms with van der Waals surface area (Å²) in [5.74, 6) is -0.304. The van der Waals surface area contributed by atoms with Gasteiger partial charge in [0.25, 0.3) is 5.91 Å². The fraction of sp³-hybridized carbons (Fsp3) is 0.500. The van der Waals surface area contributed by atoms with E-state index in [9.17, 15) is 9.18 Å². The molecule has 0 aliphatic carbocycles. The zero-order valence-corrected chi connectivity index (χ0v) is 11.2. The number of nitrogens with zero attached hydrogens (tertiary/aromatic N) is 1. The number of hydrogen-bond acceptors (Lipinski definition) is 3. The molecule has 5 heteroatoms. The van der Waals surface area contributed by atoms with Gasteiger partial charge in [-0.1, -0.05) is 6.92 Å². The smallest absolute Gasteiger partial charge is 0.251 e. The topological polar surface area (TPSA) is 58.4 Å². The summed E-state index contributed by atoms with van der Waals surface area (Å²) in [5.41, 5.74) is 5.76. The van der Waals surface area contributed by atoms with E-state index < -0.39 is 5.82 Å². The van der Waals surface area contributed by atoms with E-state index in [2.05, 4.69) is 17.1 Å². The number of carbonyl (C=O) groups is 1. The maximum atomic E-state index is 13.3. The Morgan fingerprint density at radius 2 is 2.37 bits per heavy atom. The molecule has 1 heterocycles. The average Bonchev–Trinajstić information content (AvgIpc) is 2.87. The number of nitrogens with two attached hydrogens (primary N) is 1. The van der Waals surface area contributed by atoms with E-state index in [1.165, 1.54) is 12.1 Å². The van der Waals surface area contributed by atoms with Crippen LogP contribution >= 0.6 is 0 Å². The Morgan fingerprint density at radius 1 is 1.58 bits per heavy atom. The highest BCUT2D eigenvalue weighted by atomic mass is 19.1. The summed E-state index contributed by atoms with van der Waals surface area (Å²) < 4.78 is 13.3. The third-order valence-electron chi connectivity index (χ3n) is 3.63. The fourth-order valence-corrected chi connectivity index (χ4v) is 2.37. The molecule has 3 N–H and O–H groups in total. The molecule has 1 aromatic rings. The first kappa shape index (κ1) is 13.8. The number of anilines is 1. The Labute approximate surface area is 112 Å². The SMILES string of the molecule is CCN1CCC(CNC(=O)c2ccc(N)c(F)c2)C1. The van der Waals surface area contributed by atoms with Crippen LogP contribution < -0.4 is 11.1 Å². The van der Waals surface area contributed by atoms with Gasteiger partial charge in [0.15, 0.2) is 0 Å². The van der Waals surface area contributed by atoms with Gasteiger partial charge in [0, 0.05) is 18.7 Å². The van der Waals surface area contributed by atoms with Crippen LogP contribution in [0, 0.1) is 11.7 Å². The first-order valence-corrected chi connectivity index (χ1v) is 6.65. The number of benzene rings is 1. The summed E-state index contributed by atoms with van der Waals surface area (Å²) in [6, 6.07) is 4.14. The van der Waals surface area contributed by atoms with Crippen LogP contribution in [0.2, 0.25) is 0 Å². The van der Waals surface area contributed by atoms with Gasteiger partial charge >= 0.3 is 0 Å². The van der Waals surface area contributed by atoms with E-state index in [1.807, 2.05) is 0 Å². The molecule has 1 atom stereocenters. The molecular weight excluding hydrogens is 245 g/mol. The van der Waals surface area contributed by atoms with Crippen LogP contribution in [0.3, 0.4) is 0 Å². The Bertz CT molecular complexity index is 464. The van der Waals surface area contributed by atoms with Crippen molar-refractivity contribution in [3.8, 4) is 0 Å². The van der Waals surface area contributed by atoms with Crippen molar-refractivity contribution in [2.75, 3.05) is 31.9 Å². The van der Waals surface area contributed by atoms with Crippen LogP contribution in [0.4, 0.5) is 10.1 Å². The molecule has 2 rings (SSSR count). The van der Waals surface area contributed by atoms with E-state index in [-0.39, 0.29) is 11.6 Å². The molecule has 0 bridgehead atoms. The number of rotatable bonds is 4. The standard InChI is InChI=1S/C14H20FN3O/c1-2-18-6-5-10(9-18)8-17-14(19)11-3-4-13(16)12(15)7-11/h3-4,7,10H,2,5-6,8-9,16H2,1H3,(H,17,19). The minimum atomic E-state index is -0.550. The summed E-state index contributed by atoms with van der Waals surface area (Å²) in [5, 5.41) is 2.86. The number of likely N-dealkylation sites (tertiary alicyclic amines) is 1. The minimum Gasteiger partial charge on any atom is -0.396 e. The largest absolute Gasteiger partial charge is 0.396 e. The van der Waals surface area contributed by atoms with Crippen LogP contribution in [0.1, 0.15) is 23.7 Å². The van der Waals surface area contributed by atoms with Crippen molar-refractivity contribution in [1.29, 1.82) is 0 Å². The van der Waals surface area contributed by atoms with Crippen LogP contribution in [0.5, 0.6) is 0 Å². The van der Waals surface area contributed by atoms with Gasteiger partial charge in [-0.25, -0.2) is 4.39 Å². The lowest BCUT2D eigenvalue weighted by Crippen LogP contribution is -2.31. The van der Waals surface area contributed by atoms with Crippen LogP contribution in [0.25, 0.3) is 0 Å². The maximum Gasteiger partial charge on any atom is 0.251 e. The van der Waals surface area contributed by atoms with Gasteiger partial charge in [-0.3, -0.25) is 4.79 Å². The molecule has 0 spiro atoms. The molecule has 0 saturated carbocycles. The zero-order chi connectivity index (χ0) is 13.8. The van der Waals surface area contributed by atoms with Gasteiger partial charge in [-0.05, 0) is 43.6 Å². The lowest BCUT2D eigenvalue weighted by Gasteiger charge is -2.13. The predicted octanol–water partition coefficient (Wildman–Crippen LogP) is 1.48. The number of nitrogens with one attached hydrogen (secondary N) is 1. The highest BCUT2D eigenvalue weighted by molar-refractivity contribution is 5.94. The Morgan fingerprint density at radius 3 is 3.00 bits per heavy atom. The van der Waals surface area contributed by atoms with E-state index in [1.54, 1.807) is 6.07 Å². The van der Waals surface area contributed by atoms with Gasteiger partial charge < -0.3 is 16.0 Å². The molecule has 1 saturated heterocycles. The number of hydrogen-bond donors (Lipinski definition) is 2. The van der Waals surface area contributed by atoms with Gasteiger partial charge in [-0.2, -0.15) is 0 Å². The van der Waals surface area contributed by atoms with E-state index >= 15 is 0 Å². The van der Waals surface area contributed by atoms with E-state index in [4.69, 9.17) is 5.73 Å². The van der Waals surface area contributed by atoms with Gasteiger partial charge in [0.2, 0.25) is 0 Å². The van der Waals surface area contributed by atoms with E-state index in [0.717, 1.165) is 26.1 Å². The summed E-state index contributed by atoms with van der Waals surface area (Å²) in [6.45, 7) is 5.94. The number of halogens is 1. The van der Waals surface area contributed by atoms with Gasteiger partial charge in [-0.15, -0.1) is 0 Å². The summed E-state index contributed by atoms with van der Waals surface area (Å²) in [4.78, 5) is 14.2. The van der Waals surface area contributed by atoms with Gasteiger partial charge in [0.05, 0.1) is 5.69 Å². The second-order valence-electron chi connectivity index (χ2n) is 4.99. The molecule has 1 amide bonds. The molecule has 1 aromatic carbocycles. The van der Waals surface area contributed by atoms with Gasteiger partial charge in [0.1, 0.15) is 5.82 Å². The molecule has 1 aliphatic heterocycles. The van der Waals surface area contributed by atoms with Crippen LogP contribution in [-0.4, -0.2) is 37.0 Å². The maximum absolute atomic E-state index is 13.3. The van der Waals surface area contributed by atoms with Crippen molar-refractivity contribution < 1.29 is 9.18 Å². The fourth-order valence-electron chi connectivity index (χ4n) is 2.37. The zero-order valence-electron chi connectivity index (χ0n) is 11.2. The van der Waals surface area contributed by atoms with Crippen molar-refractivity contribution in [2.24, 2.45) is 5.92 Å². The summed E-state index contributed by atoms with van der Waals surface area (Å²) in [7, 11) is 0. The lowest BCUT2D eigenvalue weighted by molar-refractivity contribution is 0.0947. The number of amides is 1. The lowest BCUT2D eigenvalue weighted by atomic mass is 10.1. The van der Waals surface area contributed by atoms with Crippen molar-refractivity contribution >= 4 is 11.6 Å². The summed E-state index contributed by atoms with van der Waals surface area (Å²) >= 11 is 0. The molecule has 1 fully saturated rings. The molecule has 104 valence electrons. The number of carbonyl (C=O) groups excluding carboxylic acids is 1. The minimum absolute atomic E-state index is 0.0610. The monoisotopic (exact) mass is 265 g/mol. The third kappa shape index (κ3) is 3.44. The first-order valence-electron chi connectivity index (χ1n) is 6.65. The highest BCUT2D eigenvalue weighted by Crippen LogP contribution is 2.15. The Balaban J connectivity index is 1.86. The van der Waals surface area contributed by atoms with Crippen molar-refractivity contribution in [3.63, 3.8) is 0 Å². The Hall–Kier alpha value is -1.62. The molecular formula is C14H20FN3O. The molecule has 1 aliphatic rings. The van der Waals surface area contributed by atoms with Crippen LogP contribution in [0.15, 0.2) is 18.2 Å². The average molecular weight is 265 g/mol. The van der Waals surface area contributed by atoms with Crippen LogP contribution in [-0.2, 0) is 0 Å². The highest BCUT2D eigenvalue weighted by Gasteiger charge is 2.21. The molecule has 1 unspecified atom stereocenters. The molecule has 4 nitrogen and oxygen atoms in total. The molecule has 0 radical (unpaired) electrons. The normalized spacial score (nSPS) is 19.6. The number of nitrogen functional groups attached to an aromatic ring is 1. The quantitative estimate of drug-likeness (QED) is 0.811. The second-order valence-corrected chi connectivity index (χ2v) is 4.99. The second kappa shape index (κ2) is 6.02.